The number of fused-ring (bicyclic) bond motifs is 1. The Labute approximate surface area is 150 Å². The number of benzene rings is 3. The van der Waals surface area contributed by atoms with Crippen molar-refractivity contribution in [3.8, 4) is 0 Å². The summed E-state index contributed by atoms with van der Waals surface area (Å²) >= 11 is 0. The number of aryl methyl sites for hydroxylation is 2. The van der Waals surface area contributed by atoms with Gasteiger partial charge in [-0.05, 0) is 36.1 Å². The first kappa shape index (κ1) is 16.0. The summed E-state index contributed by atoms with van der Waals surface area (Å²) in [5.41, 5.74) is 7.57. The fraction of sp³-hybridized carbons (Fsp3) is 0.250. The Kier molecular flexibility index (Phi) is 3.50. The molecule has 0 amide bonds. The summed E-state index contributed by atoms with van der Waals surface area (Å²) in [4.78, 5) is 0. The van der Waals surface area contributed by atoms with Gasteiger partial charge in [-0.1, -0.05) is 92.2 Å². The molecule has 4 rings (SSSR count). The van der Waals surface area contributed by atoms with Crippen LogP contribution in [0.1, 0.15) is 41.7 Å². The largest absolute Gasteiger partial charge is 0.370 e. The molecule has 126 valence electrons. The lowest BCUT2D eigenvalue weighted by Gasteiger charge is -2.43. The van der Waals surface area contributed by atoms with E-state index in [2.05, 4.69) is 106 Å². The van der Waals surface area contributed by atoms with Crippen LogP contribution in [0.2, 0.25) is 0 Å². The van der Waals surface area contributed by atoms with Crippen molar-refractivity contribution in [2.45, 2.75) is 38.6 Å². The van der Waals surface area contributed by atoms with E-state index in [-0.39, 0.29) is 11.0 Å². The predicted molar refractivity (Wildman–Crippen MR) is 106 cm³/mol. The molecule has 0 fully saturated rings. The molecule has 0 saturated heterocycles. The molecule has 1 nitrogen and oxygen atoms in total. The molecular formula is C24H25N. The van der Waals surface area contributed by atoms with E-state index in [1.165, 1.54) is 33.5 Å². The Morgan fingerprint density at radius 1 is 0.720 bits per heavy atom. The molecule has 0 radical (unpaired) electrons. The second-order valence-electron chi connectivity index (χ2n) is 7.74. The van der Waals surface area contributed by atoms with Crippen molar-refractivity contribution >= 4 is 5.69 Å². The third kappa shape index (κ3) is 2.15. The van der Waals surface area contributed by atoms with Gasteiger partial charge < -0.3 is 5.32 Å². The van der Waals surface area contributed by atoms with E-state index in [0.717, 1.165) is 0 Å². The van der Waals surface area contributed by atoms with Crippen molar-refractivity contribution in [1.29, 1.82) is 0 Å². The molecule has 3 aromatic rings. The van der Waals surface area contributed by atoms with Crippen LogP contribution in [-0.4, -0.2) is 0 Å². The van der Waals surface area contributed by atoms with E-state index in [9.17, 15) is 0 Å². The van der Waals surface area contributed by atoms with Gasteiger partial charge in [-0.15, -0.1) is 0 Å². The Morgan fingerprint density at radius 3 is 1.76 bits per heavy atom. The first-order chi connectivity index (χ1) is 12.0. The third-order valence-corrected chi connectivity index (χ3v) is 5.82. The fourth-order valence-electron chi connectivity index (χ4n) is 4.58. The van der Waals surface area contributed by atoms with Crippen LogP contribution in [0.5, 0.6) is 0 Å². The molecule has 1 aliphatic heterocycles. The standard InChI is InChI=1S/C24H25N/c1-17-15-18(2)22-21(16-17)23(3,4)24(25-22,19-11-7-5-8-12-19)20-13-9-6-10-14-20/h5-16,25H,1-4H3. The summed E-state index contributed by atoms with van der Waals surface area (Å²) in [5, 5.41) is 3.97. The second-order valence-corrected chi connectivity index (χ2v) is 7.74. The van der Waals surface area contributed by atoms with Gasteiger partial charge >= 0.3 is 0 Å². The van der Waals surface area contributed by atoms with E-state index < -0.39 is 0 Å². The zero-order chi connectivity index (χ0) is 17.7. The van der Waals surface area contributed by atoms with Crippen LogP contribution in [0.3, 0.4) is 0 Å². The van der Waals surface area contributed by atoms with Gasteiger partial charge in [-0.2, -0.15) is 0 Å². The van der Waals surface area contributed by atoms with E-state index >= 15 is 0 Å². The molecule has 0 aliphatic carbocycles. The van der Waals surface area contributed by atoms with E-state index in [1.54, 1.807) is 0 Å². The molecule has 0 unspecified atom stereocenters. The van der Waals surface area contributed by atoms with Crippen molar-refractivity contribution < 1.29 is 0 Å². The molecule has 1 heterocycles. The molecule has 1 heteroatoms. The number of hydrogen-bond acceptors (Lipinski definition) is 1. The maximum Gasteiger partial charge on any atom is 0.0972 e. The summed E-state index contributed by atoms with van der Waals surface area (Å²) in [6, 6.07) is 26.3. The van der Waals surface area contributed by atoms with Gasteiger partial charge in [0.15, 0.2) is 0 Å². The average molecular weight is 327 g/mol. The van der Waals surface area contributed by atoms with Gasteiger partial charge in [-0.3, -0.25) is 0 Å². The van der Waals surface area contributed by atoms with Gasteiger partial charge in [-0.25, -0.2) is 0 Å². The summed E-state index contributed by atoms with van der Waals surface area (Å²) in [6.45, 7) is 9.13. The topological polar surface area (TPSA) is 12.0 Å². The van der Waals surface area contributed by atoms with E-state index in [4.69, 9.17) is 0 Å². The molecule has 0 aromatic heterocycles. The highest BCUT2D eigenvalue weighted by atomic mass is 15.1. The van der Waals surface area contributed by atoms with Gasteiger partial charge in [0, 0.05) is 11.1 Å². The number of hydrogen-bond donors (Lipinski definition) is 1. The molecule has 3 aromatic carbocycles. The lowest BCUT2D eigenvalue weighted by molar-refractivity contribution is 0.367. The van der Waals surface area contributed by atoms with Crippen LogP contribution in [0.4, 0.5) is 5.69 Å². The second kappa shape index (κ2) is 5.49. The minimum atomic E-state index is -0.281. The van der Waals surface area contributed by atoms with Crippen LogP contribution >= 0.6 is 0 Å². The Bertz CT molecular complexity index is 868. The molecule has 0 spiro atoms. The van der Waals surface area contributed by atoms with Crippen molar-refractivity contribution in [2.24, 2.45) is 0 Å². The van der Waals surface area contributed by atoms with Crippen molar-refractivity contribution in [2.75, 3.05) is 5.32 Å². The third-order valence-electron chi connectivity index (χ3n) is 5.82. The smallest absolute Gasteiger partial charge is 0.0972 e. The van der Waals surface area contributed by atoms with E-state index in [1.807, 2.05) is 0 Å². The lowest BCUT2D eigenvalue weighted by Crippen LogP contribution is -2.47. The van der Waals surface area contributed by atoms with Crippen molar-refractivity contribution in [1.82, 2.24) is 0 Å². The first-order valence-corrected chi connectivity index (χ1v) is 8.98. The zero-order valence-electron chi connectivity index (χ0n) is 15.4. The summed E-state index contributed by atoms with van der Waals surface area (Å²) in [7, 11) is 0. The highest BCUT2D eigenvalue weighted by Crippen LogP contribution is 2.56. The summed E-state index contributed by atoms with van der Waals surface area (Å²) in [6.07, 6.45) is 0. The van der Waals surface area contributed by atoms with Crippen LogP contribution in [0, 0.1) is 13.8 Å². The normalized spacial score (nSPS) is 17.0. The number of rotatable bonds is 2. The minimum absolute atomic E-state index is 0.0815. The fourth-order valence-corrected chi connectivity index (χ4v) is 4.58. The Balaban J connectivity index is 2.06. The molecule has 1 N–H and O–H groups in total. The van der Waals surface area contributed by atoms with Crippen LogP contribution in [-0.2, 0) is 11.0 Å². The molecule has 0 saturated carbocycles. The monoisotopic (exact) mass is 327 g/mol. The SMILES string of the molecule is Cc1cc(C)c2c(c1)C(C)(C)C(c1ccccc1)(c1ccccc1)N2. The van der Waals surface area contributed by atoms with Crippen LogP contribution in [0.15, 0.2) is 72.8 Å². The molecule has 25 heavy (non-hydrogen) atoms. The number of anilines is 1. The zero-order valence-corrected chi connectivity index (χ0v) is 15.4. The lowest BCUT2D eigenvalue weighted by atomic mass is 9.64. The quantitative estimate of drug-likeness (QED) is 0.613. The predicted octanol–water partition coefficient (Wildman–Crippen LogP) is 5.95. The molecular weight excluding hydrogens is 302 g/mol. The van der Waals surface area contributed by atoms with Gasteiger partial charge in [0.1, 0.15) is 0 Å². The van der Waals surface area contributed by atoms with Gasteiger partial charge in [0.2, 0.25) is 0 Å². The highest BCUT2D eigenvalue weighted by molar-refractivity contribution is 5.73. The Hall–Kier alpha value is -2.54. The first-order valence-electron chi connectivity index (χ1n) is 8.98. The summed E-state index contributed by atoms with van der Waals surface area (Å²) < 4.78 is 0. The molecule has 0 atom stereocenters. The van der Waals surface area contributed by atoms with Gasteiger partial charge in [0.05, 0.1) is 5.54 Å². The Morgan fingerprint density at radius 2 is 1.24 bits per heavy atom. The van der Waals surface area contributed by atoms with Crippen LogP contribution in [0.25, 0.3) is 0 Å². The molecule has 1 aliphatic rings. The highest BCUT2D eigenvalue weighted by Gasteiger charge is 2.54. The number of nitrogens with one attached hydrogen (secondary N) is 1. The van der Waals surface area contributed by atoms with Crippen molar-refractivity contribution in [3.05, 3.63) is 101 Å². The maximum absolute atomic E-state index is 3.97. The van der Waals surface area contributed by atoms with Crippen molar-refractivity contribution in [3.63, 3.8) is 0 Å². The minimum Gasteiger partial charge on any atom is -0.370 e. The molecule has 0 bridgehead atoms. The summed E-state index contributed by atoms with van der Waals surface area (Å²) in [5.74, 6) is 0. The van der Waals surface area contributed by atoms with Gasteiger partial charge in [0.25, 0.3) is 0 Å². The average Bonchev–Trinajstić information content (AvgIpc) is 2.85. The van der Waals surface area contributed by atoms with Crippen LogP contribution < -0.4 is 5.32 Å². The maximum atomic E-state index is 3.97. The van der Waals surface area contributed by atoms with E-state index in [0.29, 0.717) is 0 Å².